The van der Waals surface area contributed by atoms with E-state index in [4.69, 9.17) is 0 Å². The summed E-state index contributed by atoms with van der Waals surface area (Å²) in [6.07, 6.45) is 9.47. The maximum Gasteiger partial charge on any atom is 0.0568 e. The molecule has 2 nitrogen and oxygen atoms in total. The Balaban J connectivity index is 0.000000637. The summed E-state index contributed by atoms with van der Waals surface area (Å²) in [6, 6.07) is 9.25. The van der Waals surface area contributed by atoms with Crippen molar-refractivity contribution in [3.8, 4) is 11.1 Å². The SMILES string of the molecule is CC.Cc1cccc(-c2cnn(C3CCCC3)c2)c1. The second kappa shape index (κ2) is 6.55. The minimum absolute atomic E-state index is 0.633. The van der Waals surface area contributed by atoms with Crippen LogP contribution in [0.2, 0.25) is 0 Å². The average molecular weight is 256 g/mol. The van der Waals surface area contributed by atoms with E-state index in [1.807, 2.05) is 20.0 Å². The van der Waals surface area contributed by atoms with Gasteiger partial charge in [0.25, 0.3) is 0 Å². The smallest absolute Gasteiger partial charge is 0.0568 e. The molecule has 1 aromatic carbocycles. The van der Waals surface area contributed by atoms with Crippen molar-refractivity contribution in [1.82, 2.24) is 9.78 Å². The maximum absolute atomic E-state index is 4.52. The van der Waals surface area contributed by atoms with E-state index in [1.54, 1.807) is 0 Å². The molecule has 19 heavy (non-hydrogen) atoms. The van der Waals surface area contributed by atoms with Gasteiger partial charge in [-0.3, -0.25) is 4.68 Å². The second-order valence-electron chi connectivity index (χ2n) is 5.02. The largest absolute Gasteiger partial charge is 0.269 e. The van der Waals surface area contributed by atoms with Gasteiger partial charge in [0, 0.05) is 11.8 Å². The molecule has 2 heteroatoms. The topological polar surface area (TPSA) is 17.8 Å². The molecular weight excluding hydrogens is 232 g/mol. The normalized spacial score (nSPS) is 15.1. The van der Waals surface area contributed by atoms with Crippen LogP contribution in [0.25, 0.3) is 11.1 Å². The molecule has 1 aromatic heterocycles. The molecular formula is C17H24N2. The summed E-state index contributed by atoms with van der Waals surface area (Å²) in [5.41, 5.74) is 3.81. The lowest BCUT2D eigenvalue weighted by Crippen LogP contribution is -2.04. The van der Waals surface area contributed by atoms with Crippen molar-refractivity contribution in [3.05, 3.63) is 42.2 Å². The number of nitrogens with zero attached hydrogens (tertiary/aromatic N) is 2. The molecule has 1 fully saturated rings. The molecule has 1 saturated carbocycles. The first-order valence-electron chi connectivity index (χ1n) is 7.44. The second-order valence-corrected chi connectivity index (χ2v) is 5.02. The zero-order valence-electron chi connectivity index (χ0n) is 12.3. The van der Waals surface area contributed by atoms with E-state index in [2.05, 4.69) is 47.2 Å². The van der Waals surface area contributed by atoms with Crippen LogP contribution in [0.15, 0.2) is 36.7 Å². The quantitative estimate of drug-likeness (QED) is 0.739. The van der Waals surface area contributed by atoms with Crippen LogP contribution in [0.5, 0.6) is 0 Å². The van der Waals surface area contributed by atoms with Gasteiger partial charge in [-0.15, -0.1) is 0 Å². The molecule has 2 aromatic rings. The highest BCUT2D eigenvalue weighted by atomic mass is 15.3. The molecule has 1 aliphatic carbocycles. The van der Waals surface area contributed by atoms with Crippen LogP contribution in [0.1, 0.15) is 51.1 Å². The summed E-state index contributed by atoms with van der Waals surface area (Å²) in [5.74, 6) is 0. The Hall–Kier alpha value is -1.57. The lowest BCUT2D eigenvalue weighted by atomic mass is 10.1. The summed E-state index contributed by atoms with van der Waals surface area (Å²) in [5, 5.41) is 4.52. The van der Waals surface area contributed by atoms with E-state index in [0.717, 1.165) is 0 Å². The van der Waals surface area contributed by atoms with Gasteiger partial charge in [0.15, 0.2) is 0 Å². The third kappa shape index (κ3) is 3.25. The fourth-order valence-corrected chi connectivity index (χ4v) is 2.68. The first kappa shape index (κ1) is 13.9. The monoisotopic (exact) mass is 256 g/mol. The third-order valence-electron chi connectivity index (χ3n) is 3.65. The summed E-state index contributed by atoms with van der Waals surface area (Å²) >= 11 is 0. The minimum Gasteiger partial charge on any atom is -0.269 e. The number of aromatic nitrogens is 2. The van der Waals surface area contributed by atoms with Crippen molar-refractivity contribution in [3.63, 3.8) is 0 Å². The summed E-state index contributed by atoms with van der Waals surface area (Å²) < 4.78 is 2.16. The number of hydrogen-bond donors (Lipinski definition) is 0. The van der Waals surface area contributed by atoms with Crippen molar-refractivity contribution in [2.24, 2.45) is 0 Å². The zero-order chi connectivity index (χ0) is 13.7. The van der Waals surface area contributed by atoms with Gasteiger partial charge in [-0.2, -0.15) is 5.10 Å². The molecule has 0 unspecified atom stereocenters. The Morgan fingerprint density at radius 3 is 2.53 bits per heavy atom. The van der Waals surface area contributed by atoms with Gasteiger partial charge in [0.2, 0.25) is 0 Å². The minimum atomic E-state index is 0.633. The van der Waals surface area contributed by atoms with Crippen LogP contribution in [-0.4, -0.2) is 9.78 Å². The standard InChI is InChI=1S/C15H18N2.C2H6/c1-12-5-4-6-13(9-12)14-10-16-17(11-14)15-7-2-3-8-15;1-2/h4-6,9-11,15H,2-3,7-8H2,1H3;1-2H3. The van der Waals surface area contributed by atoms with Crippen LogP contribution < -0.4 is 0 Å². The molecule has 0 radical (unpaired) electrons. The number of benzene rings is 1. The molecule has 1 aliphatic rings. The number of rotatable bonds is 2. The zero-order valence-corrected chi connectivity index (χ0v) is 12.3. The van der Waals surface area contributed by atoms with Crippen molar-refractivity contribution >= 4 is 0 Å². The van der Waals surface area contributed by atoms with Gasteiger partial charge in [-0.05, 0) is 25.3 Å². The molecule has 0 spiro atoms. The van der Waals surface area contributed by atoms with E-state index in [1.165, 1.54) is 42.4 Å². The lowest BCUT2D eigenvalue weighted by molar-refractivity contribution is 0.467. The Kier molecular flexibility index (Phi) is 4.78. The van der Waals surface area contributed by atoms with Crippen LogP contribution in [0.3, 0.4) is 0 Å². The molecule has 0 bridgehead atoms. The summed E-state index contributed by atoms with van der Waals surface area (Å²) in [7, 11) is 0. The first-order chi connectivity index (χ1) is 9.33. The molecule has 0 atom stereocenters. The molecule has 0 N–H and O–H groups in total. The Morgan fingerprint density at radius 2 is 1.84 bits per heavy atom. The highest BCUT2D eigenvalue weighted by molar-refractivity contribution is 5.62. The first-order valence-corrected chi connectivity index (χ1v) is 7.44. The van der Waals surface area contributed by atoms with Gasteiger partial charge < -0.3 is 0 Å². The van der Waals surface area contributed by atoms with Gasteiger partial charge in [0.05, 0.1) is 12.2 Å². The van der Waals surface area contributed by atoms with Gasteiger partial charge in [-0.1, -0.05) is 56.5 Å². The van der Waals surface area contributed by atoms with E-state index in [0.29, 0.717) is 6.04 Å². The molecule has 1 heterocycles. The number of aryl methyl sites for hydroxylation is 1. The predicted octanol–water partition coefficient (Wildman–Crippen LogP) is 5.00. The Morgan fingerprint density at radius 1 is 1.11 bits per heavy atom. The van der Waals surface area contributed by atoms with Crippen molar-refractivity contribution in [2.45, 2.75) is 52.5 Å². The fraction of sp³-hybridized carbons (Fsp3) is 0.471. The van der Waals surface area contributed by atoms with Crippen LogP contribution in [0, 0.1) is 6.92 Å². The molecule has 0 aliphatic heterocycles. The molecule has 102 valence electrons. The fourth-order valence-electron chi connectivity index (χ4n) is 2.68. The Bertz CT molecular complexity index is 507. The lowest BCUT2D eigenvalue weighted by Gasteiger charge is -2.08. The summed E-state index contributed by atoms with van der Waals surface area (Å²) in [6.45, 7) is 6.13. The van der Waals surface area contributed by atoms with E-state index in [-0.39, 0.29) is 0 Å². The van der Waals surface area contributed by atoms with E-state index >= 15 is 0 Å². The summed E-state index contributed by atoms with van der Waals surface area (Å²) in [4.78, 5) is 0. The highest BCUT2D eigenvalue weighted by Gasteiger charge is 2.17. The average Bonchev–Trinajstić information content (AvgIpc) is 3.12. The van der Waals surface area contributed by atoms with Crippen molar-refractivity contribution < 1.29 is 0 Å². The predicted molar refractivity (Wildman–Crippen MR) is 81.3 cm³/mol. The molecule has 0 saturated heterocycles. The van der Waals surface area contributed by atoms with E-state index in [9.17, 15) is 0 Å². The molecule has 3 rings (SSSR count). The van der Waals surface area contributed by atoms with Crippen LogP contribution >= 0.6 is 0 Å². The van der Waals surface area contributed by atoms with Crippen LogP contribution in [-0.2, 0) is 0 Å². The van der Waals surface area contributed by atoms with Gasteiger partial charge >= 0.3 is 0 Å². The van der Waals surface area contributed by atoms with Crippen LogP contribution in [0.4, 0.5) is 0 Å². The van der Waals surface area contributed by atoms with Gasteiger partial charge in [-0.25, -0.2) is 0 Å². The maximum atomic E-state index is 4.52. The molecule has 0 amide bonds. The highest BCUT2D eigenvalue weighted by Crippen LogP contribution is 2.30. The van der Waals surface area contributed by atoms with Crippen molar-refractivity contribution in [1.29, 1.82) is 0 Å². The van der Waals surface area contributed by atoms with E-state index < -0.39 is 0 Å². The Labute approximate surface area is 116 Å². The third-order valence-corrected chi connectivity index (χ3v) is 3.65. The van der Waals surface area contributed by atoms with Gasteiger partial charge in [0.1, 0.15) is 0 Å². The number of hydrogen-bond acceptors (Lipinski definition) is 1. The van der Waals surface area contributed by atoms with Crippen molar-refractivity contribution in [2.75, 3.05) is 0 Å².